The van der Waals surface area contributed by atoms with Crippen molar-refractivity contribution in [3.05, 3.63) is 99.7 Å². The summed E-state index contributed by atoms with van der Waals surface area (Å²) in [5.74, 6) is 0.129. The molecule has 226 valence electrons. The van der Waals surface area contributed by atoms with Gasteiger partial charge in [-0.2, -0.15) is 0 Å². The molecule has 0 saturated carbocycles. The Morgan fingerprint density at radius 2 is 1.86 bits per heavy atom. The lowest BCUT2D eigenvalue weighted by Gasteiger charge is -2.29. The van der Waals surface area contributed by atoms with E-state index in [1.807, 2.05) is 67.9 Å². The van der Waals surface area contributed by atoms with E-state index < -0.39 is 7.14 Å². The number of aromatic amines is 1. The topological polar surface area (TPSA) is 109 Å². The van der Waals surface area contributed by atoms with Gasteiger partial charge in [-0.25, -0.2) is 9.37 Å². The number of amides is 1. The summed E-state index contributed by atoms with van der Waals surface area (Å²) in [5, 5.41) is 8.59. The second-order valence-electron chi connectivity index (χ2n) is 11.5. The number of imidazole rings is 1. The summed E-state index contributed by atoms with van der Waals surface area (Å²) < 4.78 is 28.8. The Balaban J connectivity index is 1.16. The van der Waals surface area contributed by atoms with Crippen LogP contribution in [-0.2, 0) is 16.4 Å². The van der Waals surface area contributed by atoms with Gasteiger partial charge in [0.1, 0.15) is 13.0 Å². The number of hydrogen-bond donors (Lipinski definition) is 3. The molecule has 1 saturated heterocycles. The molecule has 10 heteroatoms. The SMILES string of the molecule is Cc1cc(F)ccc1Nc1nc2ccc3c(C)c(/C=C/CC(=O)NC4CCP(=O)(c5ccccc5)CC4)[nH]c(=O)c3c2n1C. The van der Waals surface area contributed by atoms with Crippen molar-refractivity contribution >= 4 is 57.9 Å². The number of carbonyl (C=O) groups is 1. The summed E-state index contributed by atoms with van der Waals surface area (Å²) in [6.07, 6.45) is 6.30. The van der Waals surface area contributed by atoms with Crippen LogP contribution < -0.4 is 21.5 Å². The molecule has 1 aliphatic rings. The lowest BCUT2D eigenvalue weighted by molar-refractivity contribution is -0.121. The third-order valence-corrected chi connectivity index (χ3v) is 11.8. The van der Waals surface area contributed by atoms with Crippen LogP contribution in [-0.4, -0.2) is 38.8 Å². The highest BCUT2D eigenvalue weighted by atomic mass is 31.2. The molecule has 8 nitrogen and oxygen atoms in total. The molecule has 1 aliphatic heterocycles. The number of benzene rings is 3. The number of fused-ring (bicyclic) bond motifs is 3. The van der Waals surface area contributed by atoms with Gasteiger partial charge in [0.25, 0.3) is 5.56 Å². The number of H-pyrrole nitrogens is 1. The number of rotatable bonds is 7. The first-order valence-corrected chi connectivity index (χ1v) is 16.9. The minimum absolute atomic E-state index is 0.0107. The highest BCUT2D eigenvalue weighted by Gasteiger charge is 2.31. The van der Waals surface area contributed by atoms with Crippen LogP contribution >= 0.6 is 7.14 Å². The first kappa shape index (κ1) is 29.6. The molecule has 0 radical (unpaired) electrons. The predicted molar refractivity (Wildman–Crippen MR) is 176 cm³/mol. The molecule has 3 heterocycles. The molecule has 0 atom stereocenters. The smallest absolute Gasteiger partial charge is 0.258 e. The van der Waals surface area contributed by atoms with Crippen molar-refractivity contribution in [1.29, 1.82) is 0 Å². The van der Waals surface area contributed by atoms with Crippen LogP contribution in [0.3, 0.4) is 0 Å². The number of pyridine rings is 1. The monoisotopic (exact) mass is 611 g/mol. The molecule has 3 N–H and O–H groups in total. The first-order valence-electron chi connectivity index (χ1n) is 14.8. The van der Waals surface area contributed by atoms with Gasteiger partial charge in [-0.05, 0) is 73.5 Å². The van der Waals surface area contributed by atoms with Crippen LogP contribution in [0.25, 0.3) is 27.9 Å². The van der Waals surface area contributed by atoms with Crippen molar-refractivity contribution in [3.63, 3.8) is 0 Å². The van der Waals surface area contributed by atoms with Crippen molar-refractivity contribution in [3.8, 4) is 0 Å². The molecule has 0 spiro atoms. The Morgan fingerprint density at radius 3 is 2.59 bits per heavy atom. The van der Waals surface area contributed by atoms with Gasteiger partial charge in [-0.15, -0.1) is 0 Å². The second kappa shape index (κ2) is 11.9. The van der Waals surface area contributed by atoms with Gasteiger partial charge >= 0.3 is 0 Å². The number of carbonyl (C=O) groups excluding carboxylic acids is 1. The number of nitrogens with zero attached hydrogens (tertiary/aromatic N) is 2. The van der Waals surface area contributed by atoms with E-state index in [0.717, 1.165) is 27.5 Å². The minimum atomic E-state index is -2.40. The van der Waals surface area contributed by atoms with Crippen LogP contribution in [0.15, 0.2) is 71.5 Å². The van der Waals surface area contributed by atoms with E-state index in [4.69, 9.17) is 0 Å². The van der Waals surface area contributed by atoms with Crippen LogP contribution in [0.1, 0.15) is 36.1 Å². The number of aromatic nitrogens is 3. The Kier molecular flexibility index (Phi) is 7.99. The van der Waals surface area contributed by atoms with Crippen molar-refractivity contribution in [2.75, 3.05) is 17.6 Å². The maximum absolute atomic E-state index is 13.6. The highest BCUT2D eigenvalue weighted by molar-refractivity contribution is 7.71. The molecule has 1 amide bonds. The van der Waals surface area contributed by atoms with E-state index in [2.05, 4.69) is 20.6 Å². The summed E-state index contributed by atoms with van der Waals surface area (Å²) >= 11 is 0. The highest BCUT2D eigenvalue weighted by Crippen LogP contribution is 2.49. The third kappa shape index (κ3) is 5.72. The minimum Gasteiger partial charge on any atom is -0.353 e. The maximum atomic E-state index is 13.6. The standard InChI is InChI=1S/C34H35FN5O3P/c1-21-20-23(35)12-14-27(21)38-34-39-29-15-13-26-22(2)28(37-33(42)31(26)32(29)40(34)3)10-7-11-30(41)36-24-16-18-44(43,19-17-24)25-8-5-4-6-9-25/h4-10,12-15,20,24H,11,16-19H2,1-3H3,(H,36,41)(H,37,42)(H,38,39)/b10-7+. The van der Waals surface area contributed by atoms with Crippen LogP contribution in [0.5, 0.6) is 0 Å². The van der Waals surface area contributed by atoms with E-state index in [1.54, 1.807) is 18.2 Å². The molecule has 1 fully saturated rings. The largest absolute Gasteiger partial charge is 0.353 e. The zero-order chi connectivity index (χ0) is 31.0. The fraction of sp³-hybridized carbons (Fsp3) is 0.265. The van der Waals surface area contributed by atoms with Gasteiger partial charge in [0.15, 0.2) is 0 Å². The lowest BCUT2D eigenvalue weighted by Crippen LogP contribution is -2.38. The van der Waals surface area contributed by atoms with Crippen LogP contribution in [0.2, 0.25) is 0 Å². The average Bonchev–Trinajstić information content (AvgIpc) is 3.33. The van der Waals surface area contributed by atoms with Crippen molar-refractivity contribution in [2.24, 2.45) is 7.05 Å². The van der Waals surface area contributed by atoms with E-state index in [1.165, 1.54) is 12.1 Å². The summed E-state index contributed by atoms with van der Waals surface area (Å²) in [5.41, 5.74) is 4.09. The van der Waals surface area contributed by atoms with Crippen LogP contribution in [0, 0.1) is 19.7 Å². The molecule has 2 aromatic heterocycles. The normalized spacial score (nSPS) is 18.7. The second-order valence-corrected chi connectivity index (χ2v) is 14.7. The molecular weight excluding hydrogens is 576 g/mol. The molecule has 0 unspecified atom stereocenters. The van der Waals surface area contributed by atoms with E-state index in [-0.39, 0.29) is 29.7 Å². The van der Waals surface area contributed by atoms with Gasteiger partial charge in [-0.3, -0.25) is 9.59 Å². The number of hydrogen-bond acceptors (Lipinski definition) is 5. The molecule has 0 bridgehead atoms. The van der Waals surface area contributed by atoms with Gasteiger partial charge in [-0.1, -0.05) is 42.5 Å². The fourth-order valence-corrected chi connectivity index (χ4v) is 9.01. The number of aryl methyl sites for hydroxylation is 3. The lowest BCUT2D eigenvalue weighted by atomic mass is 10.0. The maximum Gasteiger partial charge on any atom is 0.258 e. The summed E-state index contributed by atoms with van der Waals surface area (Å²) in [6, 6.07) is 17.9. The van der Waals surface area contributed by atoms with E-state index in [0.29, 0.717) is 53.2 Å². The average molecular weight is 612 g/mol. The molecule has 6 rings (SSSR count). The van der Waals surface area contributed by atoms with Crippen molar-refractivity contribution < 1.29 is 13.8 Å². The van der Waals surface area contributed by atoms with Crippen molar-refractivity contribution in [1.82, 2.24) is 19.9 Å². The molecular formula is C34H35FN5O3P. The van der Waals surface area contributed by atoms with Gasteiger partial charge in [0.05, 0.1) is 16.4 Å². The fourth-order valence-electron chi connectivity index (χ4n) is 6.09. The summed E-state index contributed by atoms with van der Waals surface area (Å²) in [4.78, 5) is 33.8. The van der Waals surface area contributed by atoms with Crippen LogP contribution in [0.4, 0.5) is 16.0 Å². The Labute approximate surface area is 254 Å². The quantitative estimate of drug-likeness (QED) is 0.188. The number of halogens is 1. The number of anilines is 2. The van der Waals surface area contributed by atoms with E-state index in [9.17, 15) is 18.5 Å². The molecule has 44 heavy (non-hydrogen) atoms. The van der Waals surface area contributed by atoms with Gasteiger partial charge in [0.2, 0.25) is 11.9 Å². The first-order chi connectivity index (χ1) is 21.1. The van der Waals surface area contributed by atoms with E-state index >= 15 is 0 Å². The molecule has 3 aromatic carbocycles. The summed E-state index contributed by atoms with van der Waals surface area (Å²) in [6.45, 7) is 3.76. The summed E-state index contributed by atoms with van der Waals surface area (Å²) in [7, 11) is -0.559. The van der Waals surface area contributed by atoms with Gasteiger partial charge in [0, 0.05) is 48.5 Å². The molecule has 0 aliphatic carbocycles. The van der Waals surface area contributed by atoms with Gasteiger partial charge < -0.3 is 24.7 Å². The van der Waals surface area contributed by atoms with Crippen molar-refractivity contribution in [2.45, 2.75) is 39.2 Å². The zero-order valence-electron chi connectivity index (χ0n) is 25.0. The Morgan fingerprint density at radius 1 is 1.11 bits per heavy atom. The number of nitrogens with one attached hydrogen (secondary N) is 3. The Hall–Kier alpha value is -4.49. The third-order valence-electron chi connectivity index (χ3n) is 8.61. The molecule has 5 aromatic rings. The zero-order valence-corrected chi connectivity index (χ0v) is 25.9. The Bertz CT molecular complexity index is 2020. The predicted octanol–water partition coefficient (Wildman–Crippen LogP) is 6.28.